The van der Waals surface area contributed by atoms with E-state index in [-0.39, 0.29) is 11.5 Å². The van der Waals surface area contributed by atoms with E-state index >= 15 is 0 Å². The maximum absolute atomic E-state index is 11.2. The zero-order chi connectivity index (χ0) is 12.1. The van der Waals surface area contributed by atoms with Gasteiger partial charge < -0.3 is 4.90 Å². The number of nitro groups is 1. The summed E-state index contributed by atoms with van der Waals surface area (Å²) in [6.07, 6.45) is 0.497. The molecule has 0 amide bonds. The van der Waals surface area contributed by atoms with Crippen molar-refractivity contribution in [1.82, 2.24) is 0 Å². The van der Waals surface area contributed by atoms with Crippen LogP contribution in [0.25, 0.3) is 0 Å². The maximum Gasteiger partial charge on any atom is 0.269 e. The number of nitrogens with zero attached hydrogens (tertiary/aromatic N) is 2. The van der Waals surface area contributed by atoms with Crippen LogP contribution in [0, 0.1) is 10.1 Å². The molecule has 0 heterocycles. The van der Waals surface area contributed by atoms with Gasteiger partial charge in [-0.3, -0.25) is 14.9 Å². The summed E-state index contributed by atoms with van der Waals surface area (Å²) in [5, 5.41) is 10.4. The molecule has 1 rings (SSSR count). The molecule has 0 unspecified atom stereocenters. The zero-order valence-electron chi connectivity index (χ0n) is 9.34. The molecule has 0 saturated carbocycles. The number of nitro benzene ring substituents is 1. The molecule has 0 bridgehead atoms. The van der Waals surface area contributed by atoms with Gasteiger partial charge >= 0.3 is 0 Å². The van der Waals surface area contributed by atoms with E-state index in [2.05, 4.69) is 0 Å². The smallest absolute Gasteiger partial charge is 0.269 e. The topological polar surface area (TPSA) is 63.5 Å². The summed E-state index contributed by atoms with van der Waals surface area (Å²) in [7, 11) is 1.79. The van der Waals surface area contributed by atoms with Crippen LogP contribution < -0.4 is 4.90 Å². The van der Waals surface area contributed by atoms with Crippen molar-refractivity contribution in [2.24, 2.45) is 0 Å². The maximum atomic E-state index is 11.2. The van der Waals surface area contributed by atoms with Crippen molar-refractivity contribution in [2.75, 3.05) is 18.5 Å². The Bertz CT molecular complexity index is 387. The van der Waals surface area contributed by atoms with Crippen LogP contribution in [0.4, 0.5) is 11.4 Å². The Morgan fingerprint density at radius 2 is 1.94 bits per heavy atom. The third-order valence-corrected chi connectivity index (χ3v) is 2.31. The lowest BCUT2D eigenvalue weighted by atomic mass is 10.2. The molecule has 0 atom stereocenters. The van der Waals surface area contributed by atoms with Gasteiger partial charge in [0.2, 0.25) is 0 Å². The number of benzene rings is 1. The van der Waals surface area contributed by atoms with Gasteiger partial charge in [-0.1, -0.05) is 6.92 Å². The first-order valence-corrected chi connectivity index (χ1v) is 5.02. The Kier molecular flexibility index (Phi) is 3.99. The molecule has 16 heavy (non-hydrogen) atoms. The molecule has 0 spiro atoms. The summed E-state index contributed by atoms with van der Waals surface area (Å²) in [6, 6.07) is 6.15. The van der Waals surface area contributed by atoms with Crippen molar-refractivity contribution in [2.45, 2.75) is 13.3 Å². The van der Waals surface area contributed by atoms with Gasteiger partial charge in [0.25, 0.3) is 5.69 Å². The molecule has 0 fully saturated rings. The molecule has 0 saturated heterocycles. The van der Waals surface area contributed by atoms with E-state index < -0.39 is 4.92 Å². The van der Waals surface area contributed by atoms with Gasteiger partial charge in [-0.15, -0.1) is 0 Å². The number of carbonyl (C=O) groups is 1. The molecule has 0 aliphatic rings. The predicted molar refractivity (Wildman–Crippen MR) is 61.7 cm³/mol. The highest BCUT2D eigenvalue weighted by atomic mass is 16.6. The quantitative estimate of drug-likeness (QED) is 0.564. The second-order valence-corrected chi connectivity index (χ2v) is 3.52. The van der Waals surface area contributed by atoms with E-state index in [1.165, 1.54) is 12.1 Å². The molecule has 86 valence electrons. The van der Waals surface area contributed by atoms with E-state index in [0.717, 1.165) is 5.69 Å². The van der Waals surface area contributed by atoms with E-state index in [9.17, 15) is 14.9 Å². The van der Waals surface area contributed by atoms with Crippen molar-refractivity contribution in [3.63, 3.8) is 0 Å². The molecule has 0 aromatic heterocycles. The largest absolute Gasteiger partial charge is 0.367 e. The molecule has 0 aliphatic heterocycles. The monoisotopic (exact) mass is 222 g/mol. The van der Waals surface area contributed by atoms with Crippen molar-refractivity contribution in [3.05, 3.63) is 34.4 Å². The molecular weight excluding hydrogens is 208 g/mol. The second-order valence-electron chi connectivity index (χ2n) is 3.52. The van der Waals surface area contributed by atoms with Crippen LogP contribution in [-0.2, 0) is 4.79 Å². The number of hydrogen-bond acceptors (Lipinski definition) is 4. The molecule has 1 aromatic rings. The van der Waals surface area contributed by atoms with Crippen molar-refractivity contribution >= 4 is 17.2 Å². The van der Waals surface area contributed by atoms with Gasteiger partial charge in [-0.2, -0.15) is 0 Å². The van der Waals surface area contributed by atoms with Gasteiger partial charge in [0, 0.05) is 31.3 Å². The number of rotatable bonds is 5. The van der Waals surface area contributed by atoms with E-state index in [1.807, 2.05) is 6.92 Å². The molecule has 0 radical (unpaired) electrons. The summed E-state index contributed by atoms with van der Waals surface area (Å²) in [4.78, 5) is 23.0. The van der Waals surface area contributed by atoms with Crippen LogP contribution in [0.1, 0.15) is 13.3 Å². The SMILES string of the molecule is CCC(=O)CN(C)c1ccc([N+](=O)[O-])cc1. The Labute approximate surface area is 93.8 Å². The average molecular weight is 222 g/mol. The Balaban J connectivity index is 2.73. The van der Waals surface area contributed by atoms with Crippen molar-refractivity contribution in [3.8, 4) is 0 Å². The Hall–Kier alpha value is -1.91. The van der Waals surface area contributed by atoms with Crippen LogP contribution in [0.15, 0.2) is 24.3 Å². The van der Waals surface area contributed by atoms with Gasteiger partial charge in [0.15, 0.2) is 5.78 Å². The first kappa shape index (κ1) is 12.2. The van der Waals surface area contributed by atoms with Gasteiger partial charge in [0.1, 0.15) is 0 Å². The Morgan fingerprint density at radius 1 is 1.38 bits per heavy atom. The standard InChI is InChI=1S/C11H14N2O3/c1-3-11(14)8-12(2)9-4-6-10(7-5-9)13(15)16/h4-7H,3,8H2,1-2H3. The minimum Gasteiger partial charge on any atom is -0.367 e. The van der Waals surface area contributed by atoms with Crippen LogP contribution in [0.5, 0.6) is 0 Å². The minimum atomic E-state index is -0.443. The molecule has 1 aromatic carbocycles. The fourth-order valence-corrected chi connectivity index (χ4v) is 1.30. The van der Waals surface area contributed by atoms with Crippen LogP contribution in [0.3, 0.4) is 0 Å². The summed E-state index contributed by atoms with van der Waals surface area (Å²) < 4.78 is 0. The minimum absolute atomic E-state index is 0.0546. The number of anilines is 1. The third kappa shape index (κ3) is 3.05. The highest BCUT2D eigenvalue weighted by Crippen LogP contribution is 2.18. The number of hydrogen-bond donors (Lipinski definition) is 0. The molecule has 5 nitrogen and oxygen atoms in total. The summed E-state index contributed by atoms with van der Waals surface area (Å²) in [5.74, 6) is 0.140. The van der Waals surface area contributed by atoms with Gasteiger partial charge in [-0.05, 0) is 12.1 Å². The van der Waals surface area contributed by atoms with Crippen LogP contribution in [0.2, 0.25) is 0 Å². The lowest BCUT2D eigenvalue weighted by Crippen LogP contribution is -2.24. The van der Waals surface area contributed by atoms with Gasteiger partial charge in [-0.25, -0.2) is 0 Å². The van der Waals surface area contributed by atoms with E-state index in [4.69, 9.17) is 0 Å². The highest BCUT2D eigenvalue weighted by molar-refractivity contribution is 5.83. The van der Waals surface area contributed by atoms with E-state index in [0.29, 0.717) is 13.0 Å². The fourth-order valence-electron chi connectivity index (χ4n) is 1.30. The third-order valence-electron chi connectivity index (χ3n) is 2.31. The highest BCUT2D eigenvalue weighted by Gasteiger charge is 2.08. The molecule has 0 aliphatic carbocycles. The zero-order valence-corrected chi connectivity index (χ0v) is 9.34. The second kappa shape index (κ2) is 5.25. The normalized spacial score (nSPS) is 9.88. The number of Topliss-reactive ketones (excluding diaryl/α,β-unsaturated/α-hetero) is 1. The van der Waals surface area contributed by atoms with Gasteiger partial charge in [0.05, 0.1) is 11.5 Å². The predicted octanol–water partition coefficient (Wildman–Crippen LogP) is 2.01. The van der Waals surface area contributed by atoms with Crippen LogP contribution in [-0.4, -0.2) is 24.3 Å². The number of non-ortho nitro benzene ring substituents is 1. The van der Waals surface area contributed by atoms with Crippen molar-refractivity contribution < 1.29 is 9.72 Å². The van der Waals surface area contributed by atoms with Crippen molar-refractivity contribution in [1.29, 1.82) is 0 Å². The summed E-state index contributed by atoms with van der Waals surface area (Å²) >= 11 is 0. The number of ketones is 1. The van der Waals surface area contributed by atoms with Crippen LogP contribution >= 0.6 is 0 Å². The lowest BCUT2D eigenvalue weighted by Gasteiger charge is -2.17. The number of likely N-dealkylation sites (N-methyl/N-ethyl adjacent to an activating group) is 1. The Morgan fingerprint density at radius 3 is 2.38 bits per heavy atom. The average Bonchev–Trinajstić information content (AvgIpc) is 2.28. The first-order valence-electron chi connectivity index (χ1n) is 5.02. The molecule has 0 N–H and O–H groups in total. The first-order chi connectivity index (χ1) is 7.54. The molecule has 5 heteroatoms. The fraction of sp³-hybridized carbons (Fsp3) is 0.364. The summed E-state index contributed by atoms with van der Waals surface area (Å²) in [5.41, 5.74) is 0.853. The number of carbonyl (C=O) groups excluding carboxylic acids is 1. The molecular formula is C11H14N2O3. The van der Waals surface area contributed by atoms with E-state index in [1.54, 1.807) is 24.1 Å². The lowest BCUT2D eigenvalue weighted by molar-refractivity contribution is -0.384. The summed E-state index contributed by atoms with van der Waals surface area (Å²) in [6.45, 7) is 2.14.